The third-order valence-corrected chi connectivity index (χ3v) is 4.76. The first kappa shape index (κ1) is 21.0. The van der Waals surface area contributed by atoms with Crippen molar-refractivity contribution in [1.82, 2.24) is 15.5 Å². The molecule has 146 valence electrons. The molecule has 1 aromatic heterocycles. The van der Waals surface area contributed by atoms with Crippen molar-refractivity contribution >= 4 is 28.3 Å². The van der Waals surface area contributed by atoms with Crippen molar-refractivity contribution in [3.63, 3.8) is 0 Å². The predicted molar refractivity (Wildman–Crippen MR) is 110 cm³/mol. The molecule has 0 unspecified atom stereocenters. The van der Waals surface area contributed by atoms with Crippen molar-refractivity contribution < 1.29 is 9.59 Å². The number of aryl methyl sites for hydroxylation is 1. The van der Waals surface area contributed by atoms with Gasteiger partial charge in [-0.25, -0.2) is 0 Å². The summed E-state index contributed by atoms with van der Waals surface area (Å²) in [5, 5.41) is 15.0. The highest BCUT2D eigenvalue weighted by Crippen LogP contribution is 2.27. The lowest BCUT2D eigenvalue weighted by Gasteiger charge is -2.24. The Bertz CT molecular complexity index is 808. The van der Waals surface area contributed by atoms with E-state index in [1.807, 2.05) is 65.8 Å². The van der Waals surface area contributed by atoms with Crippen molar-refractivity contribution in [1.29, 1.82) is 0 Å². The van der Waals surface area contributed by atoms with Crippen LogP contribution in [0.3, 0.4) is 0 Å². The molecule has 0 aliphatic carbocycles. The van der Waals surface area contributed by atoms with Gasteiger partial charge in [-0.1, -0.05) is 69.7 Å². The molecule has 1 heterocycles. The first-order chi connectivity index (χ1) is 12.5. The summed E-state index contributed by atoms with van der Waals surface area (Å²) >= 11 is 1.31. The highest BCUT2D eigenvalue weighted by Gasteiger charge is 2.27. The van der Waals surface area contributed by atoms with Gasteiger partial charge in [-0.05, 0) is 24.3 Å². The number of carbonyl (C=O) groups is 2. The van der Waals surface area contributed by atoms with Crippen LogP contribution in [0, 0.1) is 18.3 Å². The molecular formula is C20H28N4O2S. The number of hydrogen-bond acceptors (Lipinski definition) is 5. The van der Waals surface area contributed by atoms with E-state index in [0.717, 1.165) is 16.1 Å². The summed E-state index contributed by atoms with van der Waals surface area (Å²) in [6, 6.07) is 7.34. The Morgan fingerprint density at radius 3 is 2.48 bits per heavy atom. The molecule has 1 aromatic carbocycles. The van der Waals surface area contributed by atoms with E-state index in [2.05, 4.69) is 20.8 Å². The molecule has 2 aromatic rings. The summed E-state index contributed by atoms with van der Waals surface area (Å²) in [5.74, 6) is -0.452. The van der Waals surface area contributed by atoms with Gasteiger partial charge in [0.15, 0.2) is 0 Å². The average molecular weight is 389 g/mol. The van der Waals surface area contributed by atoms with Gasteiger partial charge in [-0.15, -0.1) is 10.2 Å². The minimum Gasteiger partial charge on any atom is -0.344 e. The largest absolute Gasteiger partial charge is 0.344 e. The molecule has 2 rings (SSSR count). The number of benzene rings is 1. The molecule has 2 N–H and O–H groups in total. The third-order valence-electron chi connectivity index (χ3n) is 3.88. The molecule has 0 saturated carbocycles. The second-order valence-electron chi connectivity index (χ2n) is 8.30. The maximum absolute atomic E-state index is 12.7. The first-order valence-corrected chi connectivity index (χ1v) is 9.87. The molecule has 6 nitrogen and oxygen atoms in total. The van der Waals surface area contributed by atoms with Gasteiger partial charge in [0.2, 0.25) is 16.9 Å². The van der Waals surface area contributed by atoms with Gasteiger partial charge in [-0.2, -0.15) is 0 Å². The van der Waals surface area contributed by atoms with Crippen LogP contribution in [-0.2, 0) is 9.59 Å². The fraction of sp³-hybridized carbons (Fsp3) is 0.500. The maximum atomic E-state index is 12.7. The number of carbonyl (C=O) groups excluding carboxylic acids is 2. The zero-order valence-corrected chi connectivity index (χ0v) is 17.6. The van der Waals surface area contributed by atoms with E-state index in [1.54, 1.807) is 0 Å². The molecule has 0 bridgehead atoms. The molecule has 0 aliphatic rings. The van der Waals surface area contributed by atoms with E-state index in [4.69, 9.17) is 0 Å². The van der Waals surface area contributed by atoms with E-state index >= 15 is 0 Å². The van der Waals surface area contributed by atoms with Crippen LogP contribution in [0.5, 0.6) is 0 Å². The summed E-state index contributed by atoms with van der Waals surface area (Å²) in [7, 11) is 0. The molecule has 0 radical (unpaired) electrons. The van der Waals surface area contributed by atoms with E-state index in [-0.39, 0.29) is 23.1 Å². The van der Waals surface area contributed by atoms with Crippen LogP contribution in [-0.4, -0.2) is 28.1 Å². The summed E-state index contributed by atoms with van der Waals surface area (Å²) < 4.78 is 0. The summed E-state index contributed by atoms with van der Waals surface area (Å²) in [6.07, 6.45) is 0.361. The molecule has 27 heavy (non-hydrogen) atoms. The molecule has 0 spiro atoms. The van der Waals surface area contributed by atoms with E-state index < -0.39 is 6.04 Å². The average Bonchev–Trinajstić information content (AvgIpc) is 2.99. The smallest absolute Gasteiger partial charge is 0.249 e. The van der Waals surface area contributed by atoms with Gasteiger partial charge in [0.1, 0.15) is 11.0 Å². The molecule has 0 fully saturated rings. The highest BCUT2D eigenvalue weighted by atomic mass is 32.1. The van der Waals surface area contributed by atoms with Gasteiger partial charge < -0.3 is 5.32 Å². The van der Waals surface area contributed by atoms with Crippen LogP contribution in [0.25, 0.3) is 10.6 Å². The highest BCUT2D eigenvalue weighted by molar-refractivity contribution is 7.18. The number of aromatic nitrogens is 2. The molecule has 0 aliphatic heterocycles. The Kier molecular flexibility index (Phi) is 6.70. The number of nitrogens with one attached hydrogen (secondary N) is 2. The van der Waals surface area contributed by atoms with Gasteiger partial charge in [-0.3, -0.25) is 14.9 Å². The number of hydrogen-bond donors (Lipinski definition) is 2. The minimum absolute atomic E-state index is 0.0434. The fourth-order valence-electron chi connectivity index (χ4n) is 2.59. The van der Waals surface area contributed by atoms with Crippen LogP contribution < -0.4 is 10.6 Å². The van der Waals surface area contributed by atoms with E-state index in [1.165, 1.54) is 11.3 Å². The quantitative estimate of drug-likeness (QED) is 0.782. The molecule has 2 amide bonds. The summed E-state index contributed by atoms with van der Waals surface area (Å²) in [5.41, 5.74) is 1.96. The summed E-state index contributed by atoms with van der Waals surface area (Å²) in [6.45, 7) is 11.8. The maximum Gasteiger partial charge on any atom is 0.249 e. The summed E-state index contributed by atoms with van der Waals surface area (Å²) in [4.78, 5) is 24.9. The number of rotatable bonds is 6. The standard InChI is InChI=1S/C20H28N4O2S/c1-12(2)16(21-15(25)11-20(4,5)6)17(26)22-19-24-23-18(27-19)14-9-7-8-13(3)10-14/h7-10,12,16H,11H2,1-6H3,(H,21,25)(H,22,24,26)/t16-/m1/s1. The zero-order valence-electron chi connectivity index (χ0n) is 16.8. The monoisotopic (exact) mass is 388 g/mol. The van der Waals surface area contributed by atoms with E-state index in [0.29, 0.717) is 11.6 Å². The number of amides is 2. The van der Waals surface area contributed by atoms with Crippen LogP contribution in [0.15, 0.2) is 24.3 Å². The fourth-order valence-corrected chi connectivity index (χ4v) is 3.34. The normalized spacial score (nSPS) is 12.7. The van der Waals surface area contributed by atoms with E-state index in [9.17, 15) is 9.59 Å². The SMILES string of the molecule is Cc1cccc(-c2nnc(NC(=O)[C@H](NC(=O)CC(C)(C)C)C(C)C)s2)c1. The van der Waals surface area contributed by atoms with Gasteiger partial charge in [0.05, 0.1) is 0 Å². The number of nitrogens with zero attached hydrogens (tertiary/aromatic N) is 2. The third kappa shape index (κ3) is 6.43. The second kappa shape index (κ2) is 8.61. The topological polar surface area (TPSA) is 84.0 Å². The Morgan fingerprint density at radius 1 is 1.19 bits per heavy atom. The van der Waals surface area contributed by atoms with Crippen molar-refractivity contribution in [3.8, 4) is 10.6 Å². The lowest BCUT2D eigenvalue weighted by molar-refractivity contribution is -0.128. The van der Waals surface area contributed by atoms with Crippen molar-refractivity contribution in [2.75, 3.05) is 5.32 Å². The molecule has 7 heteroatoms. The van der Waals surface area contributed by atoms with Crippen LogP contribution in [0.4, 0.5) is 5.13 Å². The lowest BCUT2D eigenvalue weighted by Crippen LogP contribution is -2.47. The molecule has 1 atom stereocenters. The van der Waals surface area contributed by atoms with Gasteiger partial charge in [0, 0.05) is 12.0 Å². The zero-order chi connectivity index (χ0) is 20.2. The predicted octanol–water partition coefficient (Wildman–Crippen LogP) is 4.03. The van der Waals surface area contributed by atoms with Gasteiger partial charge >= 0.3 is 0 Å². The number of anilines is 1. The molecular weight excluding hydrogens is 360 g/mol. The van der Waals surface area contributed by atoms with Crippen molar-refractivity contribution in [2.24, 2.45) is 11.3 Å². The van der Waals surface area contributed by atoms with Crippen molar-refractivity contribution in [2.45, 2.75) is 54.0 Å². The first-order valence-electron chi connectivity index (χ1n) is 9.06. The van der Waals surface area contributed by atoms with Crippen LogP contribution in [0.1, 0.15) is 46.6 Å². The Morgan fingerprint density at radius 2 is 1.89 bits per heavy atom. The Hall–Kier alpha value is -2.28. The Balaban J connectivity index is 2.06. The van der Waals surface area contributed by atoms with Gasteiger partial charge in [0.25, 0.3) is 0 Å². The molecule has 0 saturated heterocycles. The van der Waals surface area contributed by atoms with Crippen molar-refractivity contribution in [3.05, 3.63) is 29.8 Å². The lowest BCUT2D eigenvalue weighted by atomic mass is 9.91. The van der Waals surface area contributed by atoms with Crippen LogP contribution in [0.2, 0.25) is 0 Å². The van der Waals surface area contributed by atoms with Crippen LogP contribution >= 0.6 is 11.3 Å². The Labute approximate surface area is 164 Å². The second-order valence-corrected chi connectivity index (χ2v) is 9.28. The minimum atomic E-state index is -0.619.